The zero-order valence-electron chi connectivity index (χ0n) is 12.4. The Morgan fingerprint density at radius 2 is 2.14 bits per heavy atom. The summed E-state index contributed by atoms with van der Waals surface area (Å²) in [7, 11) is 0. The van der Waals surface area contributed by atoms with Crippen molar-refractivity contribution >= 4 is 17.2 Å². The van der Waals surface area contributed by atoms with Gasteiger partial charge in [-0.05, 0) is 42.3 Å². The molecule has 1 N–H and O–H groups in total. The number of thiophene rings is 1. The molecule has 1 amide bonds. The van der Waals surface area contributed by atoms with Crippen molar-refractivity contribution in [3.8, 4) is 0 Å². The van der Waals surface area contributed by atoms with E-state index in [0.29, 0.717) is 6.42 Å². The van der Waals surface area contributed by atoms with Crippen LogP contribution in [0.15, 0.2) is 41.9 Å². The topological polar surface area (TPSA) is 53.4 Å². The molecule has 5 heteroatoms. The summed E-state index contributed by atoms with van der Waals surface area (Å²) in [6.45, 7) is 1.44. The first kappa shape index (κ1) is 15.2. The Balaban J connectivity index is 1.52. The summed E-state index contributed by atoms with van der Waals surface area (Å²) in [6, 6.07) is 9.58. The first-order valence-corrected chi connectivity index (χ1v) is 8.51. The Morgan fingerprint density at radius 3 is 2.77 bits per heavy atom. The molecule has 2 aromatic rings. The first-order valence-electron chi connectivity index (χ1n) is 7.63. The molecular weight excluding hydrogens is 296 g/mol. The number of aromatic nitrogens is 1. The van der Waals surface area contributed by atoms with Crippen LogP contribution < -0.4 is 0 Å². The van der Waals surface area contributed by atoms with Gasteiger partial charge in [-0.3, -0.25) is 9.78 Å². The zero-order chi connectivity index (χ0) is 15.4. The van der Waals surface area contributed by atoms with E-state index in [9.17, 15) is 9.90 Å². The summed E-state index contributed by atoms with van der Waals surface area (Å²) in [5.74, 6) is 0.375. The number of amides is 1. The highest BCUT2D eigenvalue weighted by atomic mass is 32.1. The molecular formula is C17H20N2O2S. The van der Waals surface area contributed by atoms with Gasteiger partial charge in [0.15, 0.2) is 0 Å². The van der Waals surface area contributed by atoms with Crippen molar-refractivity contribution < 1.29 is 9.90 Å². The number of hydrogen-bond acceptors (Lipinski definition) is 4. The molecule has 0 aromatic carbocycles. The van der Waals surface area contributed by atoms with Crippen molar-refractivity contribution in [2.75, 3.05) is 13.1 Å². The lowest BCUT2D eigenvalue weighted by Crippen LogP contribution is -2.40. The number of nitrogens with zero attached hydrogens (tertiary/aromatic N) is 2. The number of hydrogen-bond donors (Lipinski definition) is 1. The lowest BCUT2D eigenvalue weighted by atomic mass is 9.90. The van der Waals surface area contributed by atoms with E-state index in [-0.39, 0.29) is 11.8 Å². The maximum absolute atomic E-state index is 12.3. The number of carbonyl (C=O) groups is 1. The first-order chi connectivity index (χ1) is 10.7. The molecule has 0 spiro atoms. The van der Waals surface area contributed by atoms with Crippen LogP contribution in [-0.4, -0.2) is 34.0 Å². The molecule has 1 unspecified atom stereocenters. The zero-order valence-corrected chi connectivity index (χ0v) is 13.2. The fraction of sp³-hybridized carbons (Fsp3) is 0.412. The highest BCUT2D eigenvalue weighted by molar-refractivity contribution is 7.10. The Bertz CT molecular complexity index is 592. The highest BCUT2D eigenvalue weighted by Gasteiger charge is 2.28. The van der Waals surface area contributed by atoms with E-state index in [0.717, 1.165) is 36.5 Å². The molecule has 116 valence electrons. The third kappa shape index (κ3) is 3.54. The van der Waals surface area contributed by atoms with Gasteiger partial charge in [0, 0.05) is 29.9 Å². The second-order valence-electron chi connectivity index (χ2n) is 5.68. The van der Waals surface area contributed by atoms with Gasteiger partial charge in [-0.15, -0.1) is 11.3 Å². The number of aliphatic hydroxyl groups excluding tert-OH is 1. The number of piperidine rings is 1. The van der Waals surface area contributed by atoms with Gasteiger partial charge in [-0.1, -0.05) is 12.1 Å². The summed E-state index contributed by atoms with van der Waals surface area (Å²) in [5, 5.41) is 12.4. The van der Waals surface area contributed by atoms with E-state index >= 15 is 0 Å². The van der Waals surface area contributed by atoms with Gasteiger partial charge in [0.2, 0.25) is 5.91 Å². The Morgan fingerprint density at radius 1 is 1.32 bits per heavy atom. The molecule has 3 heterocycles. The third-order valence-corrected chi connectivity index (χ3v) is 5.17. The van der Waals surface area contributed by atoms with Crippen LogP contribution in [0.3, 0.4) is 0 Å². The Kier molecular flexibility index (Phi) is 4.85. The summed E-state index contributed by atoms with van der Waals surface area (Å²) in [6.07, 6.45) is 3.39. The fourth-order valence-electron chi connectivity index (χ4n) is 2.93. The SMILES string of the molecule is O=C(Cc1ccccn1)N1CCC(C(O)c2cccs2)CC1. The monoisotopic (exact) mass is 316 g/mol. The molecule has 2 aromatic heterocycles. The second-order valence-corrected chi connectivity index (χ2v) is 6.66. The van der Waals surface area contributed by atoms with Gasteiger partial charge in [-0.2, -0.15) is 0 Å². The van der Waals surface area contributed by atoms with E-state index in [1.54, 1.807) is 17.5 Å². The van der Waals surface area contributed by atoms with Crippen molar-refractivity contribution in [2.45, 2.75) is 25.4 Å². The Labute approximate surface area is 134 Å². The molecule has 0 radical (unpaired) electrons. The molecule has 0 bridgehead atoms. The predicted molar refractivity (Wildman–Crippen MR) is 86.5 cm³/mol. The molecule has 1 aliphatic rings. The van der Waals surface area contributed by atoms with E-state index < -0.39 is 6.10 Å². The number of pyridine rings is 1. The van der Waals surface area contributed by atoms with Crippen LogP contribution in [0.5, 0.6) is 0 Å². The second kappa shape index (κ2) is 7.03. The molecule has 1 fully saturated rings. The van der Waals surface area contributed by atoms with E-state index in [1.807, 2.05) is 40.6 Å². The highest BCUT2D eigenvalue weighted by Crippen LogP contribution is 2.32. The van der Waals surface area contributed by atoms with Crippen LogP contribution in [0.4, 0.5) is 0 Å². The van der Waals surface area contributed by atoms with E-state index in [2.05, 4.69) is 4.98 Å². The largest absolute Gasteiger partial charge is 0.387 e. The maximum Gasteiger partial charge on any atom is 0.228 e. The molecule has 0 aliphatic carbocycles. The summed E-state index contributed by atoms with van der Waals surface area (Å²) < 4.78 is 0. The van der Waals surface area contributed by atoms with Crippen LogP contribution in [0.2, 0.25) is 0 Å². The average molecular weight is 316 g/mol. The summed E-state index contributed by atoms with van der Waals surface area (Å²) >= 11 is 1.59. The molecule has 1 atom stereocenters. The van der Waals surface area contributed by atoms with Crippen molar-refractivity contribution in [3.05, 3.63) is 52.5 Å². The van der Waals surface area contributed by atoms with Crippen molar-refractivity contribution in [3.63, 3.8) is 0 Å². The van der Waals surface area contributed by atoms with Gasteiger partial charge in [-0.25, -0.2) is 0 Å². The summed E-state index contributed by atoms with van der Waals surface area (Å²) in [4.78, 5) is 19.4. The van der Waals surface area contributed by atoms with Crippen LogP contribution in [0, 0.1) is 5.92 Å². The minimum atomic E-state index is -0.395. The van der Waals surface area contributed by atoms with Gasteiger partial charge in [0.1, 0.15) is 0 Å². The predicted octanol–water partition coefficient (Wildman–Crippen LogP) is 2.66. The minimum absolute atomic E-state index is 0.128. The molecule has 3 rings (SSSR count). The quantitative estimate of drug-likeness (QED) is 0.943. The normalized spacial score (nSPS) is 17.4. The van der Waals surface area contributed by atoms with Crippen LogP contribution in [-0.2, 0) is 11.2 Å². The molecule has 0 saturated carbocycles. The van der Waals surface area contributed by atoms with Gasteiger partial charge in [0.25, 0.3) is 0 Å². The molecule has 4 nitrogen and oxygen atoms in total. The van der Waals surface area contributed by atoms with Crippen LogP contribution in [0.1, 0.15) is 29.5 Å². The fourth-order valence-corrected chi connectivity index (χ4v) is 3.73. The molecule has 1 saturated heterocycles. The van der Waals surface area contributed by atoms with Crippen LogP contribution >= 0.6 is 11.3 Å². The average Bonchev–Trinajstić information content (AvgIpc) is 3.10. The number of likely N-dealkylation sites (tertiary alicyclic amines) is 1. The maximum atomic E-state index is 12.3. The van der Waals surface area contributed by atoms with E-state index in [1.165, 1.54) is 0 Å². The van der Waals surface area contributed by atoms with Crippen molar-refractivity contribution in [2.24, 2.45) is 5.92 Å². The lowest BCUT2D eigenvalue weighted by Gasteiger charge is -2.34. The number of rotatable bonds is 4. The van der Waals surface area contributed by atoms with Crippen molar-refractivity contribution in [1.29, 1.82) is 0 Å². The summed E-state index contributed by atoms with van der Waals surface area (Å²) in [5.41, 5.74) is 0.813. The number of aliphatic hydroxyl groups is 1. The lowest BCUT2D eigenvalue weighted by molar-refractivity contribution is -0.132. The van der Waals surface area contributed by atoms with Gasteiger partial charge >= 0.3 is 0 Å². The van der Waals surface area contributed by atoms with Gasteiger partial charge < -0.3 is 10.0 Å². The van der Waals surface area contributed by atoms with Crippen LogP contribution in [0.25, 0.3) is 0 Å². The van der Waals surface area contributed by atoms with Crippen molar-refractivity contribution in [1.82, 2.24) is 9.88 Å². The minimum Gasteiger partial charge on any atom is -0.387 e. The number of carbonyl (C=O) groups excluding carboxylic acids is 1. The third-order valence-electron chi connectivity index (χ3n) is 4.23. The smallest absolute Gasteiger partial charge is 0.228 e. The Hall–Kier alpha value is -1.72. The standard InChI is InChI=1S/C17H20N2O2S/c20-16(12-14-4-1-2-8-18-14)19-9-6-13(7-10-19)17(21)15-5-3-11-22-15/h1-5,8,11,13,17,21H,6-7,9-10,12H2. The van der Waals surface area contributed by atoms with Gasteiger partial charge in [0.05, 0.1) is 12.5 Å². The molecule has 22 heavy (non-hydrogen) atoms. The molecule has 1 aliphatic heterocycles. The van der Waals surface area contributed by atoms with E-state index in [4.69, 9.17) is 0 Å².